The molecule has 7 heteroatoms. The highest BCUT2D eigenvalue weighted by Crippen LogP contribution is 2.27. The number of rotatable bonds is 8. The molecule has 0 amide bonds. The van der Waals surface area contributed by atoms with E-state index in [1.807, 2.05) is 20.8 Å². The van der Waals surface area contributed by atoms with Gasteiger partial charge in [0, 0.05) is 0 Å². The zero-order chi connectivity index (χ0) is 15.3. The standard InChI is InChI=1S/C13H22BrNO3S2/c1-4-6-10(16)13(9(3)5-2)15-20(17,18)12-8-7-11(14)19-12/h7-10,13,15-16H,4-6H2,1-3H3/t9-,10-,13-/m0/s1. The molecule has 2 N–H and O–H groups in total. The lowest BCUT2D eigenvalue weighted by Gasteiger charge is -2.28. The van der Waals surface area contributed by atoms with Gasteiger partial charge in [-0.1, -0.05) is 33.6 Å². The summed E-state index contributed by atoms with van der Waals surface area (Å²) >= 11 is 4.43. The molecule has 0 saturated heterocycles. The Labute approximate surface area is 133 Å². The average molecular weight is 384 g/mol. The Morgan fingerprint density at radius 2 is 2.05 bits per heavy atom. The molecule has 0 radical (unpaired) electrons. The van der Waals surface area contributed by atoms with Crippen molar-refractivity contribution in [2.75, 3.05) is 0 Å². The van der Waals surface area contributed by atoms with Crippen LogP contribution in [-0.4, -0.2) is 25.7 Å². The third-order valence-corrected chi connectivity index (χ3v) is 6.94. The van der Waals surface area contributed by atoms with Gasteiger partial charge in [-0.15, -0.1) is 11.3 Å². The maximum absolute atomic E-state index is 12.4. The van der Waals surface area contributed by atoms with E-state index < -0.39 is 22.2 Å². The Balaban J connectivity index is 2.94. The summed E-state index contributed by atoms with van der Waals surface area (Å²) in [5.41, 5.74) is 0. The predicted molar refractivity (Wildman–Crippen MR) is 86.5 cm³/mol. The Morgan fingerprint density at radius 1 is 1.40 bits per heavy atom. The Bertz CT molecular complexity index is 515. The summed E-state index contributed by atoms with van der Waals surface area (Å²) in [6.07, 6.45) is 1.56. The molecule has 0 spiro atoms. The Hall–Kier alpha value is 0.0500. The largest absolute Gasteiger partial charge is 0.391 e. The second-order valence-electron chi connectivity index (χ2n) is 4.95. The molecule has 0 aromatic carbocycles. The first-order chi connectivity index (χ1) is 9.31. The number of hydrogen-bond donors (Lipinski definition) is 2. The first kappa shape index (κ1) is 18.1. The van der Waals surface area contributed by atoms with Gasteiger partial charge in [-0.3, -0.25) is 0 Å². The SMILES string of the molecule is CCC[C@H](O)[C@@H](NS(=O)(=O)c1ccc(Br)s1)[C@@H](C)CC. The normalized spacial score (nSPS) is 16.9. The molecule has 20 heavy (non-hydrogen) atoms. The highest BCUT2D eigenvalue weighted by atomic mass is 79.9. The molecule has 0 saturated carbocycles. The van der Waals surface area contributed by atoms with E-state index in [0.29, 0.717) is 6.42 Å². The number of nitrogens with one attached hydrogen (secondary N) is 1. The van der Waals surface area contributed by atoms with Crippen molar-refractivity contribution in [2.24, 2.45) is 5.92 Å². The van der Waals surface area contributed by atoms with E-state index in [0.717, 1.165) is 16.6 Å². The summed E-state index contributed by atoms with van der Waals surface area (Å²) in [5.74, 6) is 0.0785. The maximum atomic E-state index is 12.4. The summed E-state index contributed by atoms with van der Waals surface area (Å²) < 4.78 is 28.4. The van der Waals surface area contributed by atoms with Crippen LogP contribution < -0.4 is 4.72 Å². The average Bonchev–Trinajstić information content (AvgIpc) is 2.83. The number of hydrogen-bond acceptors (Lipinski definition) is 4. The van der Waals surface area contributed by atoms with Gasteiger partial charge in [-0.2, -0.15) is 0 Å². The predicted octanol–water partition coefficient (Wildman–Crippen LogP) is 3.36. The molecule has 0 aliphatic carbocycles. The molecule has 3 atom stereocenters. The van der Waals surface area contributed by atoms with Gasteiger partial charge in [0.25, 0.3) is 0 Å². The first-order valence-electron chi connectivity index (χ1n) is 6.77. The number of aliphatic hydroxyl groups excluding tert-OH is 1. The highest BCUT2D eigenvalue weighted by molar-refractivity contribution is 9.11. The first-order valence-corrected chi connectivity index (χ1v) is 9.86. The van der Waals surface area contributed by atoms with Crippen LogP contribution in [0.2, 0.25) is 0 Å². The quantitative estimate of drug-likeness (QED) is 0.722. The molecule has 116 valence electrons. The minimum Gasteiger partial charge on any atom is -0.391 e. The lowest BCUT2D eigenvalue weighted by atomic mass is 9.93. The molecular weight excluding hydrogens is 362 g/mol. The molecule has 1 heterocycles. The Morgan fingerprint density at radius 3 is 2.50 bits per heavy atom. The molecule has 1 aromatic rings. The Kier molecular flexibility index (Phi) is 7.14. The summed E-state index contributed by atoms with van der Waals surface area (Å²) in [4.78, 5) is 0. The summed E-state index contributed by atoms with van der Waals surface area (Å²) in [7, 11) is -3.58. The van der Waals surface area contributed by atoms with Crippen molar-refractivity contribution in [3.8, 4) is 0 Å². The summed E-state index contributed by atoms with van der Waals surface area (Å²) in [6, 6.07) is 2.82. The molecule has 1 rings (SSSR count). The van der Waals surface area contributed by atoms with Crippen molar-refractivity contribution in [1.82, 2.24) is 4.72 Å². The van der Waals surface area contributed by atoms with Crippen LogP contribution in [0.15, 0.2) is 20.1 Å². The van der Waals surface area contributed by atoms with Crippen LogP contribution in [0.5, 0.6) is 0 Å². The van der Waals surface area contributed by atoms with E-state index in [9.17, 15) is 13.5 Å². The van der Waals surface area contributed by atoms with Crippen molar-refractivity contribution >= 4 is 37.3 Å². The number of aliphatic hydroxyl groups is 1. The van der Waals surface area contributed by atoms with E-state index in [2.05, 4.69) is 20.7 Å². The van der Waals surface area contributed by atoms with E-state index in [-0.39, 0.29) is 10.1 Å². The zero-order valence-electron chi connectivity index (χ0n) is 12.0. The van der Waals surface area contributed by atoms with Crippen LogP contribution in [0.4, 0.5) is 0 Å². The van der Waals surface area contributed by atoms with Crippen LogP contribution in [0, 0.1) is 5.92 Å². The number of thiophene rings is 1. The highest BCUT2D eigenvalue weighted by Gasteiger charge is 2.29. The molecule has 0 aliphatic heterocycles. The van der Waals surface area contributed by atoms with Crippen LogP contribution in [-0.2, 0) is 10.0 Å². The lowest BCUT2D eigenvalue weighted by molar-refractivity contribution is 0.102. The number of sulfonamides is 1. The van der Waals surface area contributed by atoms with Crippen LogP contribution in [0.25, 0.3) is 0 Å². The summed E-state index contributed by atoms with van der Waals surface area (Å²) in [6.45, 7) is 5.92. The second kappa shape index (κ2) is 7.89. The molecule has 0 unspecified atom stereocenters. The van der Waals surface area contributed by atoms with Gasteiger partial charge in [0.2, 0.25) is 10.0 Å². The fraction of sp³-hybridized carbons (Fsp3) is 0.692. The fourth-order valence-corrected chi connectivity index (χ4v) is 5.39. The molecule has 0 bridgehead atoms. The van der Waals surface area contributed by atoms with E-state index in [1.165, 1.54) is 11.3 Å². The van der Waals surface area contributed by atoms with E-state index in [1.54, 1.807) is 12.1 Å². The van der Waals surface area contributed by atoms with Crippen molar-refractivity contribution in [3.05, 3.63) is 15.9 Å². The molecule has 1 aromatic heterocycles. The number of halogens is 1. The zero-order valence-corrected chi connectivity index (χ0v) is 15.2. The minimum absolute atomic E-state index is 0.0785. The van der Waals surface area contributed by atoms with Gasteiger partial charge < -0.3 is 5.11 Å². The van der Waals surface area contributed by atoms with Gasteiger partial charge in [0.05, 0.1) is 15.9 Å². The van der Waals surface area contributed by atoms with Gasteiger partial charge in [-0.25, -0.2) is 13.1 Å². The van der Waals surface area contributed by atoms with Gasteiger partial charge in [0.15, 0.2) is 0 Å². The summed E-state index contributed by atoms with van der Waals surface area (Å²) in [5, 5.41) is 10.2. The van der Waals surface area contributed by atoms with Crippen molar-refractivity contribution in [1.29, 1.82) is 0 Å². The molecule has 4 nitrogen and oxygen atoms in total. The second-order valence-corrected chi connectivity index (χ2v) is 9.35. The van der Waals surface area contributed by atoms with Crippen LogP contribution >= 0.6 is 27.3 Å². The van der Waals surface area contributed by atoms with Gasteiger partial charge in [0.1, 0.15) is 4.21 Å². The molecular formula is C13H22BrNO3S2. The van der Waals surface area contributed by atoms with Crippen molar-refractivity contribution in [3.63, 3.8) is 0 Å². The van der Waals surface area contributed by atoms with E-state index >= 15 is 0 Å². The minimum atomic E-state index is -3.58. The van der Waals surface area contributed by atoms with Crippen molar-refractivity contribution in [2.45, 2.75) is 56.4 Å². The third kappa shape index (κ3) is 4.80. The topological polar surface area (TPSA) is 66.4 Å². The van der Waals surface area contributed by atoms with Crippen LogP contribution in [0.1, 0.15) is 40.0 Å². The van der Waals surface area contributed by atoms with E-state index in [4.69, 9.17) is 0 Å². The van der Waals surface area contributed by atoms with Crippen LogP contribution in [0.3, 0.4) is 0 Å². The van der Waals surface area contributed by atoms with Crippen molar-refractivity contribution < 1.29 is 13.5 Å². The fourth-order valence-electron chi connectivity index (χ4n) is 1.98. The molecule has 0 fully saturated rings. The van der Waals surface area contributed by atoms with Gasteiger partial charge in [-0.05, 0) is 40.4 Å². The van der Waals surface area contributed by atoms with Gasteiger partial charge >= 0.3 is 0 Å². The smallest absolute Gasteiger partial charge is 0.250 e. The molecule has 0 aliphatic rings. The maximum Gasteiger partial charge on any atom is 0.250 e. The third-order valence-electron chi connectivity index (χ3n) is 3.36. The monoisotopic (exact) mass is 383 g/mol. The lowest BCUT2D eigenvalue weighted by Crippen LogP contribution is -2.47.